The molecule has 2 heterocycles. The van der Waals surface area contributed by atoms with Gasteiger partial charge >= 0.3 is 5.97 Å². The molecule has 5 nitrogen and oxygen atoms in total. The molecule has 0 spiro atoms. The van der Waals surface area contributed by atoms with Gasteiger partial charge in [-0.05, 0) is 26.3 Å². The summed E-state index contributed by atoms with van der Waals surface area (Å²) in [6, 6.07) is 3.30. The van der Waals surface area contributed by atoms with Gasteiger partial charge in [0.2, 0.25) is 0 Å². The second-order valence-corrected chi connectivity index (χ2v) is 4.51. The summed E-state index contributed by atoms with van der Waals surface area (Å²) in [7, 11) is 0. The predicted molar refractivity (Wildman–Crippen MR) is 72.2 cm³/mol. The Hall–Kier alpha value is -2.17. The molecule has 2 rings (SSSR count). The van der Waals surface area contributed by atoms with Crippen LogP contribution in [0.15, 0.2) is 18.3 Å². The highest BCUT2D eigenvalue weighted by Gasteiger charge is 2.14. The highest BCUT2D eigenvalue weighted by Crippen LogP contribution is 2.26. The van der Waals surface area contributed by atoms with Crippen LogP contribution >= 0.6 is 0 Å². The Morgan fingerprint density at radius 1 is 1.37 bits per heavy atom. The van der Waals surface area contributed by atoms with Crippen LogP contribution in [0.5, 0.6) is 0 Å². The third kappa shape index (κ3) is 2.50. The molecule has 2 aromatic rings. The lowest BCUT2D eigenvalue weighted by molar-refractivity contribution is 0.0690. The van der Waals surface area contributed by atoms with Crippen LogP contribution in [-0.4, -0.2) is 25.8 Å². The second-order valence-electron chi connectivity index (χ2n) is 4.51. The number of pyridine rings is 1. The Balaban J connectivity index is 2.44. The van der Waals surface area contributed by atoms with Crippen molar-refractivity contribution in [2.75, 3.05) is 0 Å². The summed E-state index contributed by atoms with van der Waals surface area (Å²) in [4.78, 5) is 14.7. The van der Waals surface area contributed by atoms with Crippen LogP contribution in [-0.2, 0) is 6.54 Å². The Morgan fingerprint density at radius 2 is 2.11 bits per heavy atom. The van der Waals surface area contributed by atoms with Crippen molar-refractivity contribution >= 4 is 5.97 Å². The van der Waals surface area contributed by atoms with Gasteiger partial charge in [0.05, 0.1) is 5.69 Å². The van der Waals surface area contributed by atoms with Crippen molar-refractivity contribution in [3.05, 3.63) is 35.4 Å². The van der Waals surface area contributed by atoms with E-state index in [-0.39, 0.29) is 5.69 Å². The zero-order chi connectivity index (χ0) is 14.0. The van der Waals surface area contributed by atoms with Gasteiger partial charge in [0.25, 0.3) is 0 Å². The maximum atomic E-state index is 10.8. The lowest BCUT2D eigenvalue weighted by atomic mass is 10.1. The van der Waals surface area contributed by atoms with Gasteiger partial charge in [-0.3, -0.25) is 4.68 Å². The number of aromatic carboxylic acids is 1. The first kappa shape index (κ1) is 13.3. The lowest BCUT2D eigenvalue weighted by Crippen LogP contribution is -2.01. The Labute approximate surface area is 111 Å². The number of rotatable bonds is 4. The van der Waals surface area contributed by atoms with E-state index in [2.05, 4.69) is 17.0 Å². The minimum Gasteiger partial charge on any atom is -0.477 e. The molecule has 0 aliphatic heterocycles. The lowest BCUT2D eigenvalue weighted by Gasteiger charge is -2.04. The Morgan fingerprint density at radius 3 is 2.63 bits per heavy atom. The fraction of sp³-hybridized carbons (Fsp3) is 0.357. The summed E-state index contributed by atoms with van der Waals surface area (Å²) < 4.78 is 1.98. The molecule has 0 saturated heterocycles. The molecular formula is C14H17N3O2. The van der Waals surface area contributed by atoms with Crippen molar-refractivity contribution in [1.29, 1.82) is 0 Å². The molecule has 0 amide bonds. The number of carbonyl (C=O) groups is 1. The predicted octanol–water partition coefficient (Wildman–Crippen LogP) is 2.67. The normalized spacial score (nSPS) is 10.7. The molecule has 0 saturated carbocycles. The molecule has 5 heteroatoms. The van der Waals surface area contributed by atoms with Crippen LogP contribution in [0, 0.1) is 13.8 Å². The molecule has 0 fully saturated rings. The van der Waals surface area contributed by atoms with Crippen molar-refractivity contribution in [3.63, 3.8) is 0 Å². The largest absolute Gasteiger partial charge is 0.477 e. The molecule has 0 aromatic carbocycles. The number of hydrogen-bond acceptors (Lipinski definition) is 3. The molecule has 100 valence electrons. The van der Waals surface area contributed by atoms with Crippen molar-refractivity contribution < 1.29 is 9.90 Å². The maximum Gasteiger partial charge on any atom is 0.354 e. The molecular weight excluding hydrogens is 242 g/mol. The van der Waals surface area contributed by atoms with E-state index >= 15 is 0 Å². The zero-order valence-electron chi connectivity index (χ0n) is 11.3. The van der Waals surface area contributed by atoms with Crippen LogP contribution in [0.2, 0.25) is 0 Å². The molecule has 0 atom stereocenters. The molecule has 2 aromatic heterocycles. The number of carboxylic acids is 1. The van der Waals surface area contributed by atoms with Crippen molar-refractivity contribution in [2.45, 2.75) is 33.7 Å². The SMILES string of the molecule is CCCn1nc(C)c(-c2ccc(C(=O)O)nc2)c1C. The van der Waals surface area contributed by atoms with E-state index in [1.54, 1.807) is 12.3 Å². The monoisotopic (exact) mass is 259 g/mol. The zero-order valence-corrected chi connectivity index (χ0v) is 11.3. The van der Waals surface area contributed by atoms with E-state index in [9.17, 15) is 4.79 Å². The summed E-state index contributed by atoms with van der Waals surface area (Å²) in [6.45, 7) is 6.97. The fourth-order valence-corrected chi connectivity index (χ4v) is 2.21. The molecule has 19 heavy (non-hydrogen) atoms. The quantitative estimate of drug-likeness (QED) is 0.916. The Bertz CT molecular complexity index is 600. The van der Waals surface area contributed by atoms with Crippen LogP contribution in [0.3, 0.4) is 0 Å². The van der Waals surface area contributed by atoms with Gasteiger partial charge in [-0.15, -0.1) is 0 Å². The maximum absolute atomic E-state index is 10.8. The molecule has 0 aliphatic carbocycles. The number of aromatic nitrogens is 3. The molecule has 0 bridgehead atoms. The average Bonchev–Trinajstić information content (AvgIpc) is 2.65. The number of aryl methyl sites for hydroxylation is 2. The third-order valence-corrected chi connectivity index (χ3v) is 3.09. The summed E-state index contributed by atoms with van der Waals surface area (Å²) in [5, 5.41) is 13.4. The molecule has 0 unspecified atom stereocenters. The van der Waals surface area contributed by atoms with Gasteiger partial charge in [0.15, 0.2) is 0 Å². The topological polar surface area (TPSA) is 68.0 Å². The van der Waals surface area contributed by atoms with Crippen LogP contribution < -0.4 is 0 Å². The number of carboxylic acid groups (broad SMARTS) is 1. The van der Waals surface area contributed by atoms with Gasteiger partial charge in [0, 0.05) is 29.6 Å². The van der Waals surface area contributed by atoms with Crippen LogP contribution in [0.25, 0.3) is 11.1 Å². The van der Waals surface area contributed by atoms with E-state index < -0.39 is 5.97 Å². The molecule has 0 aliphatic rings. The van der Waals surface area contributed by atoms with Crippen LogP contribution in [0.4, 0.5) is 0 Å². The minimum absolute atomic E-state index is 0.0556. The average molecular weight is 259 g/mol. The van der Waals surface area contributed by atoms with Crippen molar-refractivity contribution in [1.82, 2.24) is 14.8 Å². The summed E-state index contributed by atoms with van der Waals surface area (Å²) >= 11 is 0. The van der Waals surface area contributed by atoms with Crippen molar-refractivity contribution in [2.24, 2.45) is 0 Å². The van der Waals surface area contributed by atoms with E-state index in [1.165, 1.54) is 6.07 Å². The first-order chi connectivity index (χ1) is 9.04. The highest BCUT2D eigenvalue weighted by atomic mass is 16.4. The van der Waals surface area contributed by atoms with Gasteiger partial charge in [-0.1, -0.05) is 13.0 Å². The van der Waals surface area contributed by atoms with Crippen LogP contribution in [0.1, 0.15) is 35.2 Å². The standard InChI is InChI=1S/C14H17N3O2/c1-4-7-17-10(3)13(9(2)16-17)11-5-6-12(14(18)19)15-8-11/h5-6,8H,4,7H2,1-3H3,(H,18,19). The number of nitrogens with zero attached hydrogens (tertiary/aromatic N) is 3. The van der Waals surface area contributed by atoms with Crippen molar-refractivity contribution in [3.8, 4) is 11.1 Å². The second kappa shape index (κ2) is 5.22. The van der Waals surface area contributed by atoms with Gasteiger partial charge < -0.3 is 5.11 Å². The summed E-state index contributed by atoms with van der Waals surface area (Å²) in [6.07, 6.45) is 2.62. The minimum atomic E-state index is -1.01. The van der Waals surface area contributed by atoms with Gasteiger partial charge in [-0.25, -0.2) is 9.78 Å². The smallest absolute Gasteiger partial charge is 0.354 e. The number of hydrogen-bond donors (Lipinski definition) is 1. The third-order valence-electron chi connectivity index (χ3n) is 3.09. The van der Waals surface area contributed by atoms with E-state index in [0.29, 0.717) is 0 Å². The first-order valence-corrected chi connectivity index (χ1v) is 6.28. The highest BCUT2D eigenvalue weighted by molar-refractivity contribution is 5.85. The molecule has 0 radical (unpaired) electrons. The fourth-order valence-electron chi connectivity index (χ4n) is 2.21. The van der Waals surface area contributed by atoms with E-state index in [4.69, 9.17) is 5.11 Å². The summed E-state index contributed by atoms with van der Waals surface area (Å²) in [5.74, 6) is -1.01. The molecule has 1 N–H and O–H groups in total. The van der Waals surface area contributed by atoms with E-state index in [1.807, 2.05) is 18.5 Å². The Kier molecular flexibility index (Phi) is 3.64. The summed E-state index contributed by atoms with van der Waals surface area (Å²) in [5.41, 5.74) is 4.03. The van der Waals surface area contributed by atoms with Gasteiger partial charge in [0.1, 0.15) is 5.69 Å². The van der Waals surface area contributed by atoms with E-state index in [0.717, 1.165) is 35.5 Å². The first-order valence-electron chi connectivity index (χ1n) is 6.28. The van der Waals surface area contributed by atoms with Gasteiger partial charge in [-0.2, -0.15) is 5.10 Å².